The van der Waals surface area contributed by atoms with Gasteiger partial charge >= 0.3 is 0 Å². The molecule has 3 heterocycles. The van der Waals surface area contributed by atoms with Gasteiger partial charge < -0.3 is 5.73 Å². The molecule has 0 spiro atoms. The summed E-state index contributed by atoms with van der Waals surface area (Å²) in [6.45, 7) is 1.59. The predicted octanol–water partition coefficient (Wildman–Crippen LogP) is 3.23. The first-order valence-corrected chi connectivity index (χ1v) is 10.1. The lowest BCUT2D eigenvalue weighted by Gasteiger charge is -2.27. The Morgan fingerprint density at radius 2 is 2.14 bits per heavy atom. The normalized spacial score (nSPS) is 19.8. The number of rotatable bonds is 3. The zero-order valence-electron chi connectivity index (χ0n) is 14.7. The molecule has 0 saturated carbocycles. The van der Waals surface area contributed by atoms with Crippen LogP contribution in [0.4, 0.5) is 10.2 Å². The number of fused-ring (bicyclic) bond motifs is 1. The van der Waals surface area contributed by atoms with Crippen molar-refractivity contribution in [1.29, 1.82) is 0 Å². The van der Waals surface area contributed by atoms with Crippen molar-refractivity contribution in [3.63, 3.8) is 0 Å². The summed E-state index contributed by atoms with van der Waals surface area (Å²) in [6.07, 6.45) is 8.95. The lowest BCUT2D eigenvalue weighted by molar-refractivity contribution is 0.554. The number of hydrogen-bond donors (Lipinski definition) is 1. The number of nitrogens with zero attached hydrogens (tertiary/aromatic N) is 4. The molecule has 28 heavy (non-hydrogen) atoms. The first kappa shape index (κ1) is 18.6. The van der Waals surface area contributed by atoms with Crippen molar-refractivity contribution >= 4 is 38.5 Å². The van der Waals surface area contributed by atoms with Crippen LogP contribution in [0.5, 0.6) is 0 Å². The van der Waals surface area contributed by atoms with E-state index in [1.54, 1.807) is 31.2 Å². The van der Waals surface area contributed by atoms with Gasteiger partial charge in [-0.15, -0.1) is 0 Å². The van der Waals surface area contributed by atoms with E-state index in [-0.39, 0.29) is 23.7 Å². The van der Waals surface area contributed by atoms with E-state index >= 15 is 0 Å². The van der Waals surface area contributed by atoms with Crippen molar-refractivity contribution in [3.05, 3.63) is 59.8 Å². The molecule has 10 heteroatoms. The lowest BCUT2D eigenvalue weighted by Crippen LogP contribution is -2.38. The molecule has 4 rings (SSSR count). The Morgan fingerprint density at radius 3 is 2.86 bits per heavy atom. The van der Waals surface area contributed by atoms with Gasteiger partial charge in [0.15, 0.2) is 23.1 Å². The molecular weight excluding hydrogens is 405 g/mol. The third-order valence-electron chi connectivity index (χ3n) is 4.64. The van der Waals surface area contributed by atoms with E-state index in [1.165, 1.54) is 18.5 Å². The SMILES string of the molecule is CC1(S(=O)(=O)n2cc(-c3ncc(F)c(N)n3)c3cccnc32)C=C(Cl)C=CC1. The van der Waals surface area contributed by atoms with Gasteiger partial charge in [-0.05, 0) is 37.6 Å². The van der Waals surface area contributed by atoms with Crippen molar-refractivity contribution in [3.8, 4) is 11.4 Å². The van der Waals surface area contributed by atoms with Crippen LogP contribution in [0.25, 0.3) is 22.4 Å². The largest absolute Gasteiger partial charge is 0.381 e. The maximum Gasteiger partial charge on any atom is 0.249 e. The second kappa shape index (κ2) is 6.39. The van der Waals surface area contributed by atoms with Gasteiger partial charge in [-0.1, -0.05) is 17.7 Å². The first-order valence-electron chi connectivity index (χ1n) is 8.27. The van der Waals surface area contributed by atoms with E-state index < -0.39 is 20.6 Å². The summed E-state index contributed by atoms with van der Waals surface area (Å²) in [5.41, 5.74) is 6.14. The van der Waals surface area contributed by atoms with Crippen molar-refractivity contribution in [1.82, 2.24) is 18.9 Å². The van der Waals surface area contributed by atoms with E-state index in [0.717, 1.165) is 10.2 Å². The molecule has 0 aromatic carbocycles. The maximum absolute atomic E-state index is 13.5. The van der Waals surface area contributed by atoms with Crippen LogP contribution in [0.2, 0.25) is 0 Å². The standard InChI is InChI=1S/C18H15ClFN5O2S/c1-18(6-2-4-11(19)8-18)28(26,27)25-10-13(12-5-3-7-22-17(12)25)16-23-9-14(20)15(21)24-16/h2-5,7-10H,6H2,1H3,(H2,21,23,24). The summed E-state index contributed by atoms with van der Waals surface area (Å²) in [6, 6.07) is 3.36. The third-order valence-corrected chi connectivity index (χ3v) is 7.13. The Kier molecular flexibility index (Phi) is 4.24. The topological polar surface area (TPSA) is 104 Å². The van der Waals surface area contributed by atoms with E-state index in [0.29, 0.717) is 16.0 Å². The lowest BCUT2D eigenvalue weighted by atomic mass is 10.0. The number of halogens is 2. The fourth-order valence-corrected chi connectivity index (χ4v) is 5.15. The van der Waals surface area contributed by atoms with Gasteiger partial charge in [-0.2, -0.15) is 0 Å². The monoisotopic (exact) mass is 419 g/mol. The molecule has 144 valence electrons. The van der Waals surface area contributed by atoms with E-state index in [4.69, 9.17) is 17.3 Å². The Balaban J connectivity index is 1.97. The molecule has 0 radical (unpaired) electrons. The van der Waals surface area contributed by atoms with Crippen molar-refractivity contribution in [2.45, 2.75) is 18.1 Å². The summed E-state index contributed by atoms with van der Waals surface area (Å²) < 4.78 is 40.3. The molecule has 0 saturated heterocycles. The first-order chi connectivity index (χ1) is 13.2. The quantitative estimate of drug-likeness (QED) is 0.698. The van der Waals surface area contributed by atoms with E-state index in [2.05, 4.69) is 15.0 Å². The van der Waals surface area contributed by atoms with Gasteiger partial charge in [0, 0.05) is 28.4 Å². The van der Waals surface area contributed by atoms with Gasteiger partial charge in [0.2, 0.25) is 10.0 Å². The summed E-state index contributed by atoms with van der Waals surface area (Å²) in [5.74, 6) is -0.968. The molecule has 1 aliphatic rings. The number of nitrogen functional groups attached to an aromatic ring is 1. The van der Waals surface area contributed by atoms with Crippen LogP contribution < -0.4 is 5.73 Å². The molecule has 2 N–H and O–H groups in total. The minimum atomic E-state index is -3.95. The molecule has 0 aliphatic heterocycles. The number of allylic oxidation sites excluding steroid dienone is 3. The molecule has 0 fully saturated rings. The van der Waals surface area contributed by atoms with Crippen LogP contribution in [0, 0.1) is 5.82 Å². The fourth-order valence-electron chi connectivity index (χ4n) is 3.11. The summed E-state index contributed by atoms with van der Waals surface area (Å²) in [5, 5.41) is 0.846. The second-order valence-electron chi connectivity index (χ2n) is 6.59. The molecule has 0 bridgehead atoms. The van der Waals surface area contributed by atoms with Crippen molar-refractivity contribution < 1.29 is 12.8 Å². The van der Waals surface area contributed by atoms with Crippen molar-refractivity contribution in [2.24, 2.45) is 0 Å². The van der Waals surface area contributed by atoms with E-state index in [1.807, 2.05) is 0 Å². The maximum atomic E-state index is 13.5. The fraction of sp³-hybridized carbons (Fsp3) is 0.167. The highest BCUT2D eigenvalue weighted by Gasteiger charge is 2.40. The van der Waals surface area contributed by atoms with Gasteiger partial charge in [0.05, 0.1) is 6.20 Å². The summed E-state index contributed by atoms with van der Waals surface area (Å²) in [7, 11) is -3.95. The second-order valence-corrected chi connectivity index (χ2v) is 9.31. The van der Waals surface area contributed by atoms with Crippen LogP contribution in [-0.4, -0.2) is 32.1 Å². The molecule has 7 nitrogen and oxygen atoms in total. The number of anilines is 1. The molecule has 3 aromatic rings. The Morgan fingerprint density at radius 1 is 1.36 bits per heavy atom. The molecule has 1 unspecified atom stereocenters. The Hall–Kier alpha value is -2.78. The van der Waals surface area contributed by atoms with Crippen molar-refractivity contribution in [2.75, 3.05) is 5.73 Å². The van der Waals surface area contributed by atoms with Crippen LogP contribution in [-0.2, 0) is 10.0 Å². The number of pyridine rings is 1. The minimum Gasteiger partial charge on any atom is -0.381 e. The number of hydrogen-bond acceptors (Lipinski definition) is 6. The average Bonchev–Trinajstić information content (AvgIpc) is 3.04. The van der Waals surface area contributed by atoms with E-state index in [9.17, 15) is 12.8 Å². The molecule has 3 aromatic heterocycles. The van der Waals surface area contributed by atoms with Crippen LogP contribution in [0.1, 0.15) is 13.3 Å². The molecule has 1 atom stereocenters. The van der Waals surface area contributed by atoms with Gasteiger partial charge in [-0.25, -0.2) is 31.7 Å². The third kappa shape index (κ3) is 2.78. The van der Waals surface area contributed by atoms with Crippen LogP contribution in [0.3, 0.4) is 0 Å². The molecular formula is C18H15ClFN5O2S. The zero-order valence-corrected chi connectivity index (χ0v) is 16.2. The number of aromatic nitrogens is 4. The summed E-state index contributed by atoms with van der Waals surface area (Å²) >= 11 is 6.06. The minimum absolute atomic E-state index is 0.105. The highest BCUT2D eigenvalue weighted by atomic mass is 35.5. The Bertz CT molecular complexity index is 1270. The molecule has 1 aliphatic carbocycles. The highest BCUT2D eigenvalue weighted by Crippen LogP contribution is 2.36. The number of nitrogens with two attached hydrogens (primary N) is 1. The smallest absolute Gasteiger partial charge is 0.249 e. The average molecular weight is 420 g/mol. The van der Waals surface area contributed by atoms with Gasteiger partial charge in [-0.3, -0.25) is 0 Å². The zero-order chi connectivity index (χ0) is 20.1. The van der Waals surface area contributed by atoms with Crippen LogP contribution >= 0.6 is 11.6 Å². The molecule has 0 amide bonds. The Labute approximate surface area is 165 Å². The summed E-state index contributed by atoms with van der Waals surface area (Å²) in [4.78, 5) is 12.1. The van der Waals surface area contributed by atoms with Gasteiger partial charge in [0.1, 0.15) is 4.75 Å². The van der Waals surface area contributed by atoms with Crippen LogP contribution in [0.15, 0.2) is 54.0 Å². The highest BCUT2D eigenvalue weighted by molar-refractivity contribution is 7.91. The van der Waals surface area contributed by atoms with Gasteiger partial charge in [0.25, 0.3) is 0 Å². The predicted molar refractivity (Wildman–Crippen MR) is 106 cm³/mol.